The summed E-state index contributed by atoms with van der Waals surface area (Å²) in [7, 11) is -4.46. The van der Waals surface area contributed by atoms with E-state index in [1.54, 1.807) is 20.8 Å². The van der Waals surface area contributed by atoms with Crippen LogP contribution < -0.4 is 16.5 Å². The summed E-state index contributed by atoms with van der Waals surface area (Å²) in [6, 6.07) is 0.0950. The minimum absolute atomic E-state index is 0.0169. The van der Waals surface area contributed by atoms with E-state index >= 15 is 0 Å². The molecule has 1 aliphatic heterocycles. The van der Waals surface area contributed by atoms with Gasteiger partial charge in [-0.05, 0) is 40.7 Å². The quantitative estimate of drug-likeness (QED) is 0.153. The second kappa shape index (κ2) is 13.3. The zero-order valence-electron chi connectivity index (χ0n) is 21.0. The molecular weight excluding hydrogens is 519 g/mol. The van der Waals surface area contributed by atoms with Crippen LogP contribution in [0.4, 0.5) is 10.6 Å². The van der Waals surface area contributed by atoms with Gasteiger partial charge in [0.15, 0.2) is 6.23 Å². The molecule has 37 heavy (non-hydrogen) atoms. The van der Waals surface area contributed by atoms with E-state index in [-0.39, 0.29) is 12.4 Å². The molecule has 2 rings (SSSR count). The molecule has 2 heterocycles. The van der Waals surface area contributed by atoms with Gasteiger partial charge in [0.1, 0.15) is 30.2 Å². The molecule has 0 amide bonds. The standard InChI is InChI=1S/C20H33N4O12P/c1-6-31-20(29)34-12(5)36-37(30,23-11(4)18(27)33-10(2)3)32-9-13-15(25)16(26)17(35-13)24-8-7-14(21)22-19(24)28/h7-8,10-13,15-17,25-26H,6,9H2,1-5H3,(H,23,30)(H2,21,22,28)/t11-,12?,13+,15?,16+,17+,37?/m0/s1. The first-order valence-electron chi connectivity index (χ1n) is 11.4. The average Bonchev–Trinajstić information content (AvgIpc) is 3.05. The third kappa shape index (κ3) is 8.74. The highest BCUT2D eigenvalue weighted by Gasteiger charge is 2.46. The maximum Gasteiger partial charge on any atom is 0.510 e. The van der Waals surface area contributed by atoms with Crippen molar-refractivity contribution in [2.45, 2.75) is 77.6 Å². The summed E-state index contributed by atoms with van der Waals surface area (Å²) >= 11 is 0. The number of esters is 1. The van der Waals surface area contributed by atoms with E-state index in [0.29, 0.717) is 0 Å². The first kappa shape index (κ1) is 30.6. The van der Waals surface area contributed by atoms with Crippen molar-refractivity contribution in [3.63, 3.8) is 0 Å². The predicted octanol–water partition coefficient (Wildman–Crippen LogP) is 0.0348. The van der Waals surface area contributed by atoms with Crippen LogP contribution in [0.5, 0.6) is 0 Å². The number of aromatic nitrogens is 2. The Hall–Kier alpha value is -2.59. The minimum Gasteiger partial charge on any atom is -0.462 e. The zero-order valence-corrected chi connectivity index (χ0v) is 21.9. The number of ether oxygens (including phenoxy) is 4. The Kier molecular flexibility index (Phi) is 11.0. The highest BCUT2D eigenvalue weighted by molar-refractivity contribution is 7.51. The first-order valence-corrected chi connectivity index (χ1v) is 12.9. The summed E-state index contributed by atoms with van der Waals surface area (Å²) in [6.45, 7) is 6.73. The molecular formula is C20H33N4O12P. The molecule has 0 saturated carbocycles. The van der Waals surface area contributed by atoms with Crippen molar-refractivity contribution in [3.8, 4) is 0 Å². The lowest BCUT2D eigenvalue weighted by molar-refractivity contribution is -0.149. The summed E-state index contributed by atoms with van der Waals surface area (Å²) in [5, 5.41) is 23.2. The normalized spacial score (nSPS) is 24.8. The Morgan fingerprint density at radius 1 is 1.24 bits per heavy atom. The molecule has 7 atom stereocenters. The maximum atomic E-state index is 13.5. The molecule has 0 radical (unpaired) electrons. The van der Waals surface area contributed by atoms with Gasteiger partial charge in [0, 0.05) is 6.20 Å². The van der Waals surface area contributed by atoms with Crippen molar-refractivity contribution in [3.05, 3.63) is 22.7 Å². The van der Waals surface area contributed by atoms with E-state index in [2.05, 4.69) is 14.8 Å². The minimum atomic E-state index is -4.46. The third-order valence-corrected chi connectivity index (χ3v) is 6.51. The van der Waals surface area contributed by atoms with Crippen molar-refractivity contribution in [1.82, 2.24) is 14.6 Å². The Balaban J connectivity index is 2.16. The van der Waals surface area contributed by atoms with Gasteiger partial charge in [-0.15, -0.1) is 0 Å². The van der Waals surface area contributed by atoms with E-state index in [1.165, 1.54) is 26.1 Å². The first-order chi connectivity index (χ1) is 17.3. The van der Waals surface area contributed by atoms with Crippen LogP contribution in [0.3, 0.4) is 0 Å². The molecule has 1 aliphatic rings. The molecule has 16 nitrogen and oxygen atoms in total. The number of rotatable bonds is 12. The number of carbonyl (C=O) groups excluding carboxylic acids is 2. The Labute approximate surface area is 212 Å². The molecule has 1 saturated heterocycles. The van der Waals surface area contributed by atoms with Crippen molar-refractivity contribution in [1.29, 1.82) is 0 Å². The van der Waals surface area contributed by atoms with Crippen LogP contribution >= 0.6 is 7.75 Å². The lowest BCUT2D eigenvalue weighted by Gasteiger charge is -2.26. The van der Waals surface area contributed by atoms with Crippen molar-refractivity contribution < 1.29 is 52.4 Å². The second-order valence-corrected chi connectivity index (χ2v) is 9.91. The van der Waals surface area contributed by atoms with Crippen LogP contribution in [0.2, 0.25) is 0 Å². The van der Waals surface area contributed by atoms with Gasteiger partial charge in [-0.25, -0.2) is 19.2 Å². The monoisotopic (exact) mass is 552 g/mol. The fourth-order valence-corrected chi connectivity index (χ4v) is 4.67. The summed E-state index contributed by atoms with van der Waals surface area (Å²) in [6.07, 6.45) is -7.63. The average molecular weight is 552 g/mol. The number of nitrogens with zero attached hydrogens (tertiary/aromatic N) is 2. The number of carbonyl (C=O) groups is 2. The predicted molar refractivity (Wildman–Crippen MR) is 125 cm³/mol. The Bertz CT molecular complexity index is 1040. The molecule has 1 aromatic rings. The number of aliphatic hydroxyl groups excluding tert-OH is 2. The van der Waals surface area contributed by atoms with Gasteiger partial charge in [0.25, 0.3) is 0 Å². The zero-order chi connectivity index (χ0) is 27.9. The summed E-state index contributed by atoms with van der Waals surface area (Å²) < 4.78 is 45.1. The number of nitrogens with one attached hydrogen (secondary N) is 1. The van der Waals surface area contributed by atoms with Gasteiger partial charge in [-0.2, -0.15) is 4.98 Å². The molecule has 1 aromatic heterocycles. The van der Waals surface area contributed by atoms with Crippen LogP contribution in [-0.4, -0.2) is 81.9 Å². The Morgan fingerprint density at radius 3 is 2.51 bits per heavy atom. The van der Waals surface area contributed by atoms with Crippen LogP contribution in [0.1, 0.15) is 40.8 Å². The van der Waals surface area contributed by atoms with Gasteiger partial charge >= 0.3 is 25.6 Å². The molecule has 3 unspecified atom stereocenters. The van der Waals surface area contributed by atoms with Gasteiger partial charge < -0.3 is 34.9 Å². The van der Waals surface area contributed by atoms with Gasteiger partial charge in [-0.3, -0.25) is 18.4 Å². The third-order valence-electron chi connectivity index (χ3n) is 4.74. The molecule has 0 bridgehead atoms. The number of hydrogen-bond donors (Lipinski definition) is 4. The number of aliphatic hydroxyl groups is 2. The lowest BCUT2D eigenvalue weighted by atomic mass is 10.1. The van der Waals surface area contributed by atoms with E-state index < -0.39 is 75.1 Å². The van der Waals surface area contributed by atoms with Gasteiger partial charge in [0.05, 0.1) is 19.3 Å². The smallest absolute Gasteiger partial charge is 0.462 e. The van der Waals surface area contributed by atoms with Crippen LogP contribution in [0.15, 0.2) is 17.1 Å². The highest BCUT2D eigenvalue weighted by atomic mass is 31.2. The number of nitrogens with two attached hydrogens (primary N) is 1. The fraction of sp³-hybridized carbons (Fsp3) is 0.700. The van der Waals surface area contributed by atoms with E-state index in [4.69, 9.17) is 29.0 Å². The van der Waals surface area contributed by atoms with Gasteiger partial charge in [0.2, 0.25) is 6.29 Å². The van der Waals surface area contributed by atoms with Crippen molar-refractivity contribution in [2.24, 2.45) is 0 Å². The SMILES string of the molecule is CCOC(=O)OC(C)OP(=O)(N[C@@H](C)C(=O)OC(C)C)OC[C@H]1O[C@@H](n2ccc(N)nc2=O)[C@H](O)C1O. The van der Waals surface area contributed by atoms with Crippen LogP contribution in [0, 0.1) is 0 Å². The molecule has 1 fully saturated rings. The van der Waals surface area contributed by atoms with Crippen LogP contribution in [0.25, 0.3) is 0 Å². The van der Waals surface area contributed by atoms with Crippen LogP contribution in [-0.2, 0) is 37.4 Å². The molecule has 17 heteroatoms. The van der Waals surface area contributed by atoms with Crippen molar-refractivity contribution in [2.75, 3.05) is 18.9 Å². The maximum absolute atomic E-state index is 13.5. The topological polar surface area (TPSA) is 220 Å². The fourth-order valence-electron chi connectivity index (χ4n) is 3.11. The molecule has 0 spiro atoms. The Morgan fingerprint density at radius 2 is 1.92 bits per heavy atom. The molecule has 0 aliphatic carbocycles. The van der Waals surface area contributed by atoms with E-state index in [0.717, 1.165) is 4.57 Å². The van der Waals surface area contributed by atoms with Crippen molar-refractivity contribution >= 4 is 25.7 Å². The molecule has 210 valence electrons. The van der Waals surface area contributed by atoms with E-state index in [1.807, 2.05) is 0 Å². The number of nitrogen functional groups attached to an aromatic ring is 1. The molecule has 5 N–H and O–H groups in total. The number of hydrogen-bond acceptors (Lipinski definition) is 14. The summed E-state index contributed by atoms with van der Waals surface area (Å²) in [5.41, 5.74) is 4.63. The highest BCUT2D eigenvalue weighted by Crippen LogP contribution is 2.47. The molecule has 0 aromatic carbocycles. The summed E-state index contributed by atoms with van der Waals surface area (Å²) in [5.74, 6) is -0.827. The largest absolute Gasteiger partial charge is 0.510 e. The lowest BCUT2D eigenvalue weighted by Crippen LogP contribution is -2.38. The second-order valence-electron chi connectivity index (χ2n) is 8.19. The van der Waals surface area contributed by atoms with E-state index in [9.17, 15) is 29.2 Å². The van der Waals surface area contributed by atoms with Gasteiger partial charge in [-0.1, -0.05) is 0 Å². The number of anilines is 1. The summed E-state index contributed by atoms with van der Waals surface area (Å²) in [4.78, 5) is 39.5.